The van der Waals surface area contributed by atoms with Crippen LogP contribution in [0.3, 0.4) is 0 Å². The van der Waals surface area contributed by atoms with E-state index in [0.717, 1.165) is 25.8 Å². The third-order valence-corrected chi connectivity index (χ3v) is 3.84. The number of halogens is 1. The summed E-state index contributed by atoms with van der Waals surface area (Å²) >= 11 is 5.74. The van der Waals surface area contributed by atoms with Gasteiger partial charge in [-0.25, -0.2) is 0 Å². The van der Waals surface area contributed by atoms with E-state index in [2.05, 4.69) is 10.6 Å². The minimum Gasteiger partial charge on any atom is -0.324 e. The molecule has 0 aromatic heterocycles. The van der Waals surface area contributed by atoms with E-state index >= 15 is 0 Å². The Labute approximate surface area is 121 Å². The Kier molecular flexibility index (Phi) is 4.25. The molecule has 1 aliphatic heterocycles. The van der Waals surface area contributed by atoms with E-state index < -0.39 is 10.5 Å². The number of rotatable bonds is 3. The number of hydrogen-bond acceptors (Lipinski definition) is 4. The molecule has 1 aromatic rings. The zero-order valence-electron chi connectivity index (χ0n) is 11.1. The predicted octanol–water partition coefficient (Wildman–Crippen LogP) is 2.72. The molecule has 1 aliphatic rings. The quantitative estimate of drug-likeness (QED) is 0.663. The van der Waals surface area contributed by atoms with Crippen LogP contribution in [-0.4, -0.2) is 22.9 Å². The number of anilines is 1. The number of carbonyl (C=O) groups excluding carboxylic acids is 1. The van der Waals surface area contributed by atoms with E-state index in [0.29, 0.717) is 5.69 Å². The van der Waals surface area contributed by atoms with Gasteiger partial charge in [0.2, 0.25) is 5.91 Å². The van der Waals surface area contributed by atoms with Gasteiger partial charge in [0.05, 0.1) is 10.5 Å². The zero-order valence-corrected chi connectivity index (χ0v) is 11.9. The lowest BCUT2D eigenvalue weighted by molar-refractivity contribution is -0.384. The van der Waals surface area contributed by atoms with Gasteiger partial charge >= 0.3 is 0 Å². The Morgan fingerprint density at radius 2 is 2.25 bits per heavy atom. The van der Waals surface area contributed by atoms with Crippen molar-refractivity contribution in [2.45, 2.75) is 31.7 Å². The van der Waals surface area contributed by atoms with Gasteiger partial charge in [-0.1, -0.05) is 11.6 Å². The van der Waals surface area contributed by atoms with Gasteiger partial charge in [0.1, 0.15) is 5.02 Å². The molecule has 1 unspecified atom stereocenters. The second-order valence-electron chi connectivity index (χ2n) is 5.09. The number of nitrogens with zero attached hydrogens (tertiary/aromatic N) is 1. The summed E-state index contributed by atoms with van der Waals surface area (Å²) in [6.45, 7) is 2.64. The van der Waals surface area contributed by atoms with Crippen LogP contribution in [0.25, 0.3) is 0 Å². The van der Waals surface area contributed by atoms with Crippen LogP contribution < -0.4 is 10.6 Å². The van der Waals surface area contributed by atoms with Crippen molar-refractivity contribution in [1.29, 1.82) is 0 Å². The smallest absolute Gasteiger partial charge is 0.289 e. The van der Waals surface area contributed by atoms with Crippen LogP contribution >= 0.6 is 11.6 Å². The van der Waals surface area contributed by atoms with Crippen molar-refractivity contribution in [3.05, 3.63) is 33.3 Å². The van der Waals surface area contributed by atoms with Gasteiger partial charge < -0.3 is 10.6 Å². The third kappa shape index (κ3) is 3.08. The van der Waals surface area contributed by atoms with Crippen LogP contribution in [0.15, 0.2) is 18.2 Å². The second-order valence-corrected chi connectivity index (χ2v) is 5.50. The molecular weight excluding hydrogens is 282 g/mol. The summed E-state index contributed by atoms with van der Waals surface area (Å²) in [5.74, 6) is -0.186. The van der Waals surface area contributed by atoms with Gasteiger partial charge in [-0.3, -0.25) is 14.9 Å². The van der Waals surface area contributed by atoms with E-state index in [-0.39, 0.29) is 16.6 Å². The molecule has 6 nitrogen and oxygen atoms in total. The van der Waals surface area contributed by atoms with Crippen LogP contribution in [0, 0.1) is 10.1 Å². The first kappa shape index (κ1) is 14.7. The van der Waals surface area contributed by atoms with E-state index in [1.807, 2.05) is 6.92 Å². The van der Waals surface area contributed by atoms with E-state index in [4.69, 9.17) is 11.6 Å². The molecular formula is C13H16ClN3O3. The van der Waals surface area contributed by atoms with E-state index in [9.17, 15) is 14.9 Å². The van der Waals surface area contributed by atoms with Crippen molar-refractivity contribution in [3.63, 3.8) is 0 Å². The van der Waals surface area contributed by atoms with Crippen molar-refractivity contribution < 1.29 is 9.72 Å². The largest absolute Gasteiger partial charge is 0.324 e. The monoisotopic (exact) mass is 297 g/mol. The summed E-state index contributed by atoms with van der Waals surface area (Å²) in [4.78, 5) is 22.5. The molecule has 108 valence electrons. The van der Waals surface area contributed by atoms with Crippen LogP contribution in [0.2, 0.25) is 5.02 Å². The minimum absolute atomic E-state index is 0.0509. The average molecular weight is 298 g/mol. The fourth-order valence-corrected chi connectivity index (χ4v) is 2.44. The highest BCUT2D eigenvalue weighted by molar-refractivity contribution is 6.32. The zero-order chi connectivity index (χ0) is 14.8. The number of piperidine rings is 1. The predicted molar refractivity (Wildman–Crippen MR) is 77.0 cm³/mol. The summed E-state index contributed by atoms with van der Waals surface area (Å²) in [6, 6.07) is 4.23. The lowest BCUT2D eigenvalue weighted by atomic mass is 9.90. The molecule has 1 heterocycles. The Bertz CT molecular complexity index is 542. The summed E-state index contributed by atoms with van der Waals surface area (Å²) in [5, 5.41) is 16.8. The summed E-state index contributed by atoms with van der Waals surface area (Å²) in [6.07, 6.45) is 2.78. The van der Waals surface area contributed by atoms with Gasteiger partial charge in [-0.15, -0.1) is 0 Å². The number of benzene rings is 1. The average Bonchev–Trinajstić information content (AvgIpc) is 2.41. The highest BCUT2D eigenvalue weighted by atomic mass is 35.5. The summed E-state index contributed by atoms with van der Waals surface area (Å²) < 4.78 is 0. The van der Waals surface area contributed by atoms with Crippen LogP contribution in [0.4, 0.5) is 11.4 Å². The van der Waals surface area contributed by atoms with Gasteiger partial charge in [0, 0.05) is 11.8 Å². The normalized spacial score (nSPS) is 22.3. The minimum atomic E-state index is -0.632. The fraction of sp³-hybridized carbons (Fsp3) is 0.462. The molecule has 2 rings (SSSR count). The highest BCUT2D eigenvalue weighted by Gasteiger charge is 2.34. The Morgan fingerprint density at radius 3 is 2.85 bits per heavy atom. The number of carbonyl (C=O) groups is 1. The Morgan fingerprint density at radius 1 is 1.50 bits per heavy atom. The van der Waals surface area contributed by atoms with E-state index in [1.165, 1.54) is 12.1 Å². The molecule has 1 atom stereocenters. The second kappa shape index (κ2) is 5.76. The van der Waals surface area contributed by atoms with Crippen molar-refractivity contribution in [2.75, 3.05) is 11.9 Å². The van der Waals surface area contributed by atoms with Crippen molar-refractivity contribution in [3.8, 4) is 0 Å². The first-order chi connectivity index (χ1) is 9.42. The van der Waals surface area contributed by atoms with Gasteiger partial charge in [-0.05, 0) is 44.9 Å². The van der Waals surface area contributed by atoms with Gasteiger partial charge in [0.25, 0.3) is 5.69 Å². The molecule has 1 aromatic carbocycles. The number of hydrogen-bond donors (Lipinski definition) is 2. The van der Waals surface area contributed by atoms with Crippen molar-refractivity contribution in [2.24, 2.45) is 0 Å². The first-order valence-corrected chi connectivity index (χ1v) is 6.80. The molecule has 2 N–H and O–H groups in total. The summed E-state index contributed by atoms with van der Waals surface area (Å²) in [5.41, 5.74) is -0.474. The molecule has 0 bridgehead atoms. The molecule has 1 amide bonds. The maximum absolute atomic E-state index is 12.3. The Balaban J connectivity index is 2.15. The highest BCUT2D eigenvalue weighted by Crippen LogP contribution is 2.28. The topological polar surface area (TPSA) is 84.3 Å². The standard InChI is InChI=1S/C13H16ClN3O3/c1-13(6-2-3-7-15-13)12(18)16-9-4-5-10(14)11(8-9)17(19)20/h4-5,8,15H,2-3,6-7H2,1H3,(H,16,18). The molecule has 0 spiro atoms. The maximum Gasteiger partial charge on any atom is 0.289 e. The molecule has 1 saturated heterocycles. The lowest BCUT2D eigenvalue weighted by Crippen LogP contribution is -2.54. The van der Waals surface area contributed by atoms with Crippen molar-refractivity contribution >= 4 is 28.9 Å². The number of nitro groups is 1. The molecule has 7 heteroatoms. The lowest BCUT2D eigenvalue weighted by Gasteiger charge is -2.33. The third-order valence-electron chi connectivity index (χ3n) is 3.52. The SMILES string of the molecule is CC1(C(=O)Nc2ccc(Cl)c([N+](=O)[O-])c2)CCCCN1. The molecule has 0 radical (unpaired) electrons. The van der Waals surface area contributed by atoms with Crippen LogP contribution in [-0.2, 0) is 4.79 Å². The number of amides is 1. The van der Waals surface area contributed by atoms with Gasteiger partial charge in [-0.2, -0.15) is 0 Å². The first-order valence-electron chi connectivity index (χ1n) is 6.43. The van der Waals surface area contributed by atoms with E-state index in [1.54, 1.807) is 6.07 Å². The fourth-order valence-electron chi connectivity index (χ4n) is 2.25. The van der Waals surface area contributed by atoms with Crippen LogP contribution in [0.1, 0.15) is 26.2 Å². The summed E-state index contributed by atoms with van der Waals surface area (Å²) in [7, 11) is 0. The van der Waals surface area contributed by atoms with Crippen LogP contribution in [0.5, 0.6) is 0 Å². The molecule has 0 saturated carbocycles. The Hall–Kier alpha value is -1.66. The molecule has 1 fully saturated rings. The maximum atomic E-state index is 12.3. The van der Waals surface area contributed by atoms with Crippen molar-refractivity contribution in [1.82, 2.24) is 5.32 Å². The number of nitro benzene ring substituents is 1. The number of nitrogens with one attached hydrogen (secondary N) is 2. The molecule has 20 heavy (non-hydrogen) atoms. The van der Waals surface area contributed by atoms with Gasteiger partial charge in [0.15, 0.2) is 0 Å². The molecule has 0 aliphatic carbocycles.